The summed E-state index contributed by atoms with van der Waals surface area (Å²) in [6.07, 6.45) is -1.36. The Balaban J connectivity index is 1.31. The molecule has 2 aromatic heterocycles. The molecule has 1 amide bonds. The Morgan fingerprint density at radius 2 is 2.03 bits per heavy atom. The maximum atomic E-state index is 12.8. The topological polar surface area (TPSA) is 128 Å². The molecule has 1 fully saturated rings. The number of nitrogens with zero attached hydrogens (tertiary/aromatic N) is 6. The van der Waals surface area contributed by atoms with Crippen LogP contribution in [-0.4, -0.2) is 56.1 Å². The second-order valence-electron chi connectivity index (χ2n) is 7.31. The standard InChI is InChI=1S/C17H18F3N7O4/c18-17(19,20)12-1-4-21-15(23-12)25-5-2-10(3-6-25)14(28)22-11-7-26-8-13(27(29)30)24-16(26)31-9-11/h1,4,8,10-11H,2-3,5-7,9H2,(H,22,28)/t11-/m0/s1. The number of rotatable bonds is 4. The maximum Gasteiger partial charge on any atom is 0.433 e. The smallest absolute Gasteiger partial charge is 0.433 e. The van der Waals surface area contributed by atoms with E-state index in [0.717, 1.165) is 12.3 Å². The molecule has 0 aromatic carbocycles. The van der Waals surface area contributed by atoms with Gasteiger partial charge in [-0.2, -0.15) is 13.2 Å². The highest BCUT2D eigenvalue weighted by Gasteiger charge is 2.35. The fourth-order valence-corrected chi connectivity index (χ4v) is 3.59. The number of alkyl halides is 3. The Labute approximate surface area is 173 Å². The normalized spacial score (nSPS) is 19.5. The van der Waals surface area contributed by atoms with Gasteiger partial charge in [0.25, 0.3) is 0 Å². The number of nitro groups is 1. The van der Waals surface area contributed by atoms with Crippen molar-refractivity contribution in [1.29, 1.82) is 0 Å². The number of ether oxygens (including phenoxy) is 1. The van der Waals surface area contributed by atoms with Gasteiger partial charge in [-0.3, -0.25) is 9.36 Å². The van der Waals surface area contributed by atoms with E-state index in [1.165, 1.54) is 10.8 Å². The fourth-order valence-electron chi connectivity index (χ4n) is 3.59. The van der Waals surface area contributed by atoms with Crippen LogP contribution < -0.4 is 15.0 Å². The largest absolute Gasteiger partial charge is 0.444 e. The third kappa shape index (κ3) is 4.51. The van der Waals surface area contributed by atoms with E-state index in [1.807, 2.05) is 0 Å². The number of nitrogens with one attached hydrogen (secondary N) is 1. The highest BCUT2D eigenvalue weighted by atomic mass is 19.4. The van der Waals surface area contributed by atoms with Crippen LogP contribution in [0.25, 0.3) is 0 Å². The lowest BCUT2D eigenvalue weighted by Gasteiger charge is -2.32. The maximum absolute atomic E-state index is 12.8. The van der Waals surface area contributed by atoms with E-state index in [9.17, 15) is 28.1 Å². The molecule has 2 aliphatic rings. The van der Waals surface area contributed by atoms with Gasteiger partial charge in [0.05, 0.1) is 12.6 Å². The minimum Gasteiger partial charge on any atom is -0.444 e. The van der Waals surface area contributed by atoms with Gasteiger partial charge in [-0.15, -0.1) is 0 Å². The summed E-state index contributed by atoms with van der Waals surface area (Å²) >= 11 is 0. The average molecular weight is 441 g/mol. The van der Waals surface area contributed by atoms with Crippen molar-refractivity contribution in [1.82, 2.24) is 24.8 Å². The predicted molar refractivity (Wildman–Crippen MR) is 98.3 cm³/mol. The molecule has 0 bridgehead atoms. The highest BCUT2D eigenvalue weighted by Crippen LogP contribution is 2.29. The Hall–Kier alpha value is -3.45. The summed E-state index contributed by atoms with van der Waals surface area (Å²) in [7, 11) is 0. The van der Waals surface area contributed by atoms with Crippen LogP contribution in [0.2, 0.25) is 0 Å². The van der Waals surface area contributed by atoms with E-state index in [0.29, 0.717) is 32.5 Å². The van der Waals surface area contributed by atoms with Crippen molar-refractivity contribution in [3.63, 3.8) is 0 Å². The summed E-state index contributed by atoms with van der Waals surface area (Å²) in [5.74, 6) is -0.855. The van der Waals surface area contributed by atoms with Crippen LogP contribution in [0, 0.1) is 16.0 Å². The average Bonchev–Trinajstić information content (AvgIpc) is 3.17. The molecule has 1 atom stereocenters. The third-order valence-corrected chi connectivity index (χ3v) is 5.17. The van der Waals surface area contributed by atoms with Gasteiger partial charge < -0.3 is 25.1 Å². The summed E-state index contributed by atoms with van der Waals surface area (Å²) < 4.78 is 45.4. The molecule has 4 rings (SSSR count). The molecule has 4 heterocycles. The lowest BCUT2D eigenvalue weighted by atomic mass is 9.95. The minimum atomic E-state index is -4.55. The molecule has 31 heavy (non-hydrogen) atoms. The van der Waals surface area contributed by atoms with Crippen molar-refractivity contribution >= 4 is 17.7 Å². The first-order valence-electron chi connectivity index (χ1n) is 9.50. The number of piperidine rings is 1. The molecule has 166 valence electrons. The van der Waals surface area contributed by atoms with Gasteiger partial charge in [-0.25, -0.2) is 9.97 Å². The molecule has 11 nitrogen and oxygen atoms in total. The van der Waals surface area contributed by atoms with Gasteiger partial charge in [0.2, 0.25) is 11.9 Å². The molecule has 2 aliphatic heterocycles. The van der Waals surface area contributed by atoms with Crippen LogP contribution in [0.15, 0.2) is 18.5 Å². The van der Waals surface area contributed by atoms with Crippen LogP contribution in [0.1, 0.15) is 18.5 Å². The minimum absolute atomic E-state index is 0.0106. The first kappa shape index (κ1) is 20.8. The Bertz CT molecular complexity index is 988. The van der Waals surface area contributed by atoms with Crippen LogP contribution in [0.3, 0.4) is 0 Å². The van der Waals surface area contributed by atoms with Gasteiger partial charge in [0.1, 0.15) is 18.5 Å². The molecule has 0 unspecified atom stereocenters. The molecule has 0 aliphatic carbocycles. The summed E-state index contributed by atoms with van der Waals surface area (Å²) in [6, 6.07) is 0.571. The number of hydrogen-bond acceptors (Lipinski definition) is 8. The second kappa shape index (κ2) is 8.00. The lowest BCUT2D eigenvalue weighted by molar-refractivity contribution is -0.389. The van der Waals surface area contributed by atoms with Crippen LogP contribution in [0.4, 0.5) is 24.9 Å². The quantitative estimate of drug-likeness (QED) is 0.557. The lowest BCUT2D eigenvalue weighted by Crippen LogP contribution is -2.48. The highest BCUT2D eigenvalue weighted by molar-refractivity contribution is 5.79. The van der Waals surface area contributed by atoms with Gasteiger partial charge in [0.15, 0.2) is 0 Å². The van der Waals surface area contributed by atoms with E-state index in [-0.39, 0.29) is 42.3 Å². The predicted octanol–water partition coefficient (Wildman–Crippen LogP) is 1.39. The first-order chi connectivity index (χ1) is 14.7. The number of fused-ring (bicyclic) bond motifs is 1. The number of aromatic nitrogens is 4. The number of imidazole rings is 1. The molecule has 14 heteroatoms. The Kier molecular flexibility index (Phi) is 5.37. The summed E-state index contributed by atoms with van der Waals surface area (Å²) in [5, 5.41) is 13.7. The zero-order valence-corrected chi connectivity index (χ0v) is 16.1. The van der Waals surface area contributed by atoms with Crippen LogP contribution in [0.5, 0.6) is 6.01 Å². The number of carbonyl (C=O) groups excluding carboxylic acids is 1. The van der Waals surface area contributed by atoms with Crippen molar-refractivity contribution in [3.8, 4) is 6.01 Å². The molecule has 2 aromatic rings. The van der Waals surface area contributed by atoms with E-state index in [2.05, 4.69) is 20.3 Å². The van der Waals surface area contributed by atoms with Gasteiger partial charge >= 0.3 is 18.0 Å². The van der Waals surface area contributed by atoms with Crippen molar-refractivity contribution in [3.05, 3.63) is 34.3 Å². The van der Waals surface area contributed by atoms with Gasteiger partial charge in [-0.05, 0) is 23.8 Å². The zero-order chi connectivity index (χ0) is 22.2. The zero-order valence-electron chi connectivity index (χ0n) is 16.1. The molecular formula is C17H18F3N7O4. The number of amides is 1. The fraction of sp³-hybridized carbons (Fsp3) is 0.529. The van der Waals surface area contributed by atoms with E-state index >= 15 is 0 Å². The number of halogens is 3. The molecule has 1 saturated heterocycles. The number of hydrogen-bond donors (Lipinski definition) is 1. The molecule has 0 radical (unpaired) electrons. The van der Waals surface area contributed by atoms with Crippen molar-refractivity contribution in [2.45, 2.75) is 31.6 Å². The van der Waals surface area contributed by atoms with Crippen molar-refractivity contribution in [2.24, 2.45) is 5.92 Å². The number of anilines is 1. The van der Waals surface area contributed by atoms with Crippen LogP contribution in [-0.2, 0) is 17.5 Å². The van der Waals surface area contributed by atoms with Crippen molar-refractivity contribution < 1.29 is 27.6 Å². The molecule has 1 N–H and O–H groups in total. The SMILES string of the molecule is O=C(N[C@@H]1COc2nc([N+](=O)[O-])cn2C1)C1CCN(c2nccc(C(F)(F)F)n2)CC1. The first-order valence-corrected chi connectivity index (χ1v) is 9.50. The van der Waals surface area contributed by atoms with E-state index < -0.39 is 16.8 Å². The van der Waals surface area contributed by atoms with Gasteiger partial charge in [0, 0.05) is 30.2 Å². The molecule has 0 saturated carbocycles. The van der Waals surface area contributed by atoms with E-state index in [4.69, 9.17) is 4.74 Å². The second-order valence-corrected chi connectivity index (χ2v) is 7.31. The number of carbonyl (C=O) groups is 1. The molecular weight excluding hydrogens is 423 g/mol. The van der Waals surface area contributed by atoms with Crippen LogP contribution >= 0.6 is 0 Å². The Morgan fingerprint density at radius 1 is 1.29 bits per heavy atom. The summed E-state index contributed by atoms with van der Waals surface area (Å²) in [6.45, 7) is 1.12. The summed E-state index contributed by atoms with van der Waals surface area (Å²) in [5.41, 5.74) is -1.01. The summed E-state index contributed by atoms with van der Waals surface area (Å²) in [4.78, 5) is 35.7. The molecule has 0 spiro atoms. The monoisotopic (exact) mass is 441 g/mol. The third-order valence-electron chi connectivity index (χ3n) is 5.17. The van der Waals surface area contributed by atoms with Crippen molar-refractivity contribution in [2.75, 3.05) is 24.6 Å². The van der Waals surface area contributed by atoms with E-state index in [1.54, 1.807) is 4.90 Å². The Morgan fingerprint density at radius 3 is 2.71 bits per heavy atom. The van der Waals surface area contributed by atoms with Gasteiger partial charge in [-0.1, -0.05) is 0 Å².